The Kier molecular flexibility index (Phi) is 4.56. The van der Waals surface area contributed by atoms with Crippen LogP contribution in [0.25, 0.3) is 0 Å². The quantitative estimate of drug-likeness (QED) is 0.760. The van der Waals surface area contributed by atoms with Gasteiger partial charge in [-0.25, -0.2) is 0 Å². The van der Waals surface area contributed by atoms with Crippen molar-refractivity contribution >= 4 is 19.0 Å². The van der Waals surface area contributed by atoms with Crippen LogP contribution in [0, 0.1) is 0 Å². The summed E-state index contributed by atoms with van der Waals surface area (Å²) in [5.41, 5.74) is 1.63. The van der Waals surface area contributed by atoms with Crippen LogP contribution in [-0.4, -0.2) is 13.9 Å². The SMILES string of the molecule is CC(=O)C[C@H](c1ccccc1)[Si](C)(C)c1ccccc1. The fraction of sp³-hybridized carbons (Fsp3) is 0.278. The van der Waals surface area contributed by atoms with Crippen LogP contribution in [-0.2, 0) is 4.79 Å². The summed E-state index contributed by atoms with van der Waals surface area (Å²) in [7, 11) is -1.73. The van der Waals surface area contributed by atoms with Crippen LogP contribution in [0.15, 0.2) is 60.7 Å². The lowest BCUT2D eigenvalue weighted by atomic mass is 10.1. The molecule has 0 aliphatic rings. The highest BCUT2D eigenvalue weighted by atomic mass is 28.3. The first-order chi connectivity index (χ1) is 9.51. The number of carbonyl (C=O) groups excluding carboxylic acids is 1. The number of ketones is 1. The van der Waals surface area contributed by atoms with Crippen molar-refractivity contribution in [3.63, 3.8) is 0 Å². The van der Waals surface area contributed by atoms with Gasteiger partial charge in [0.15, 0.2) is 0 Å². The molecule has 0 radical (unpaired) electrons. The molecule has 0 aromatic heterocycles. The Morgan fingerprint density at radius 1 is 0.950 bits per heavy atom. The topological polar surface area (TPSA) is 17.1 Å². The van der Waals surface area contributed by atoms with Crippen molar-refractivity contribution in [3.8, 4) is 0 Å². The summed E-state index contributed by atoms with van der Waals surface area (Å²) in [6.45, 7) is 6.43. The molecule has 2 rings (SSSR count). The molecule has 2 heteroatoms. The second-order valence-electron chi connectivity index (χ2n) is 5.96. The number of hydrogen-bond donors (Lipinski definition) is 0. The maximum absolute atomic E-state index is 11.7. The molecule has 0 heterocycles. The fourth-order valence-corrected chi connectivity index (χ4v) is 6.11. The molecular formula is C18H22OSi. The predicted octanol–water partition coefficient (Wildman–Crippen LogP) is 3.90. The van der Waals surface area contributed by atoms with Crippen molar-refractivity contribution in [3.05, 3.63) is 66.2 Å². The summed E-state index contributed by atoms with van der Waals surface area (Å²) in [6, 6.07) is 21.2. The Balaban J connectivity index is 2.43. The minimum absolute atomic E-state index is 0.273. The Bertz CT molecular complexity index is 560. The van der Waals surface area contributed by atoms with Gasteiger partial charge in [0.2, 0.25) is 0 Å². The van der Waals surface area contributed by atoms with Gasteiger partial charge in [0, 0.05) is 6.42 Å². The van der Waals surface area contributed by atoms with E-state index in [9.17, 15) is 4.79 Å². The van der Waals surface area contributed by atoms with Crippen LogP contribution >= 0.6 is 0 Å². The van der Waals surface area contributed by atoms with Crippen LogP contribution < -0.4 is 5.19 Å². The van der Waals surface area contributed by atoms with Gasteiger partial charge in [0.05, 0.1) is 8.07 Å². The molecule has 1 nitrogen and oxygen atoms in total. The zero-order chi connectivity index (χ0) is 14.6. The van der Waals surface area contributed by atoms with Crippen molar-refractivity contribution < 1.29 is 4.79 Å². The number of carbonyl (C=O) groups is 1. The first-order valence-electron chi connectivity index (χ1n) is 7.11. The maximum atomic E-state index is 11.7. The molecule has 0 bridgehead atoms. The van der Waals surface area contributed by atoms with E-state index in [0.717, 1.165) is 0 Å². The van der Waals surface area contributed by atoms with Gasteiger partial charge in [-0.3, -0.25) is 0 Å². The maximum Gasteiger partial charge on any atom is 0.130 e. The predicted molar refractivity (Wildman–Crippen MR) is 88.0 cm³/mol. The van der Waals surface area contributed by atoms with E-state index < -0.39 is 8.07 Å². The van der Waals surface area contributed by atoms with E-state index in [4.69, 9.17) is 0 Å². The number of Topliss-reactive ketones (excluding diaryl/α,β-unsaturated/α-hetero) is 1. The van der Waals surface area contributed by atoms with Crippen molar-refractivity contribution in [2.75, 3.05) is 0 Å². The number of hydrogen-bond acceptors (Lipinski definition) is 1. The third kappa shape index (κ3) is 3.25. The number of benzene rings is 2. The first kappa shape index (κ1) is 14.7. The van der Waals surface area contributed by atoms with Gasteiger partial charge in [-0.1, -0.05) is 78.9 Å². The zero-order valence-corrected chi connectivity index (χ0v) is 13.5. The lowest BCUT2D eigenvalue weighted by molar-refractivity contribution is -0.117. The van der Waals surface area contributed by atoms with Crippen LogP contribution in [0.3, 0.4) is 0 Å². The third-order valence-corrected chi connectivity index (χ3v) is 8.18. The van der Waals surface area contributed by atoms with Gasteiger partial charge in [0.1, 0.15) is 5.78 Å². The standard InChI is InChI=1S/C18H22OSi/c1-15(19)14-18(16-10-6-4-7-11-16)20(2,3)17-12-8-5-9-13-17/h4-13,18H,14H2,1-3H3/t18-/m1/s1. The molecule has 0 unspecified atom stereocenters. The molecule has 1 atom stereocenters. The van der Waals surface area contributed by atoms with Crippen molar-refractivity contribution in [2.45, 2.75) is 32.0 Å². The van der Waals surface area contributed by atoms with E-state index in [0.29, 0.717) is 12.0 Å². The normalized spacial score (nSPS) is 12.9. The Labute approximate surface area is 122 Å². The van der Waals surface area contributed by atoms with E-state index in [1.165, 1.54) is 10.8 Å². The van der Waals surface area contributed by atoms with Gasteiger partial charge in [0.25, 0.3) is 0 Å². The largest absolute Gasteiger partial charge is 0.300 e. The lowest BCUT2D eigenvalue weighted by Gasteiger charge is -2.33. The highest BCUT2D eigenvalue weighted by Crippen LogP contribution is 2.30. The summed E-state index contributed by atoms with van der Waals surface area (Å²) in [5.74, 6) is 0.273. The average Bonchev–Trinajstić information content (AvgIpc) is 2.46. The summed E-state index contributed by atoms with van der Waals surface area (Å²) in [4.78, 5) is 11.7. The monoisotopic (exact) mass is 282 g/mol. The number of rotatable bonds is 5. The van der Waals surface area contributed by atoms with E-state index in [1.807, 2.05) is 6.07 Å². The Morgan fingerprint density at radius 2 is 1.45 bits per heavy atom. The Morgan fingerprint density at radius 3 is 1.95 bits per heavy atom. The molecule has 0 saturated heterocycles. The summed E-state index contributed by atoms with van der Waals surface area (Å²) < 4.78 is 0. The van der Waals surface area contributed by atoms with Crippen molar-refractivity contribution in [1.29, 1.82) is 0 Å². The van der Waals surface area contributed by atoms with E-state index in [2.05, 4.69) is 67.7 Å². The van der Waals surface area contributed by atoms with Crippen LogP contribution in [0.4, 0.5) is 0 Å². The first-order valence-corrected chi connectivity index (χ1v) is 10.2. The molecular weight excluding hydrogens is 260 g/mol. The van der Waals surface area contributed by atoms with E-state index in [1.54, 1.807) is 6.92 Å². The van der Waals surface area contributed by atoms with Gasteiger partial charge in [-0.05, 0) is 18.0 Å². The molecule has 20 heavy (non-hydrogen) atoms. The minimum atomic E-state index is -1.73. The molecule has 0 aliphatic carbocycles. The van der Waals surface area contributed by atoms with Crippen LogP contribution in [0.5, 0.6) is 0 Å². The second kappa shape index (κ2) is 6.19. The van der Waals surface area contributed by atoms with E-state index >= 15 is 0 Å². The minimum Gasteiger partial charge on any atom is -0.300 e. The molecule has 0 spiro atoms. The van der Waals surface area contributed by atoms with Crippen LogP contribution in [0.2, 0.25) is 13.1 Å². The van der Waals surface area contributed by atoms with Gasteiger partial charge in [-0.2, -0.15) is 0 Å². The molecule has 0 N–H and O–H groups in total. The van der Waals surface area contributed by atoms with Crippen molar-refractivity contribution in [1.82, 2.24) is 0 Å². The Hall–Kier alpha value is -1.67. The van der Waals surface area contributed by atoms with Gasteiger partial charge in [-0.15, -0.1) is 0 Å². The zero-order valence-electron chi connectivity index (χ0n) is 12.5. The highest BCUT2D eigenvalue weighted by Gasteiger charge is 2.35. The van der Waals surface area contributed by atoms with Crippen LogP contribution in [0.1, 0.15) is 24.4 Å². The third-order valence-electron chi connectivity index (χ3n) is 4.08. The second-order valence-corrected chi connectivity index (χ2v) is 10.7. The molecule has 2 aromatic rings. The average molecular weight is 282 g/mol. The lowest BCUT2D eigenvalue weighted by Crippen LogP contribution is -2.48. The van der Waals surface area contributed by atoms with Gasteiger partial charge >= 0.3 is 0 Å². The molecule has 104 valence electrons. The molecule has 0 aliphatic heterocycles. The van der Waals surface area contributed by atoms with Crippen molar-refractivity contribution in [2.24, 2.45) is 0 Å². The fourth-order valence-electron chi connectivity index (χ4n) is 2.83. The summed E-state index contributed by atoms with van der Waals surface area (Å²) >= 11 is 0. The van der Waals surface area contributed by atoms with Gasteiger partial charge < -0.3 is 4.79 Å². The molecule has 0 fully saturated rings. The highest BCUT2D eigenvalue weighted by molar-refractivity contribution is 6.91. The van der Waals surface area contributed by atoms with E-state index in [-0.39, 0.29) is 5.78 Å². The molecule has 0 amide bonds. The molecule has 0 saturated carbocycles. The molecule has 2 aromatic carbocycles. The summed E-state index contributed by atoms with van der Waals surface area (Å²) in [6.07, 6.45) is 0.637. The smallest absolute Gasteiger partial charge is 0.130 e. The summed E-state index contributed by atoms with van der Waals surface area (Å²) in [5, 5.41) is 1.41.